The fourth-order valence-corrected chi connectivity index (χ4v) is 5.11. The molecule has 9 nitrogen and oxygen atoms in total. The molecule has 2 aromatic carbocycles. The predicted molar refractivity (Wildman–Crippen MR) is 130 cm³/mol. The van der Waals surface area contributed by atoms with Crippen molar-refractivity contribution in [3.8, 4) is 5.75 Å². The van der Waals surface area contributed by atoms with Gasteiger partial charge in [-0.05, 0) is 50.1 Å². The first kappa shape index (κ1) is 25.7. The van der Waals surface area contributed by atoms with Gasteiger partial charge in [0, 0.05) is 43.9 Å². The van der Waals surface area contributed by atoms with E-state index in [2.05, 4.69) is 20.3 Å². The molecule has 1 atom stereocenters. The quantitative estimate of drug-likeness (QED) is 0.498. The Morgan fingerprint density at radius 1 is 1.09 bits per heavy atom. The highest BCUT2D eigenvalue weighted by molar-refractivity contribution is 7.89. The number of likely N-dealkylation sites (tertiary alicyclic amines) is 1. The number of rotatable bonds is 9. The highest BCUT2D eigenvalue weighted by Gasteiger charge is 2.26. The number of hydrogen-bond acceptors (Lipinski definition) is 6. The number of carbonyl (C=O) groups excluding carboxylic acids is 2. The summed E-state index contributed by atoms with van der Waals surface area (Å²) in [6, 6.07) is 12.8. The Balaban J connectivity index is 1.48. The Morgan fingerprint density at radius 3 is 2.35 bits per heavy atom. The van der Waals surface area contributed by atoms with Crippen LogP contribution in [-0.4, -0.2) is 57.4 Å². The average Bonchev–Trinajstić information content (AvgIpc) is 2.80. The number of amides is 2. The third-order valence-corrected chi connectivity index (χ3v) is 7.29. The Kier molecular flexibility index (Phi) is 8.65. The summed E-state index contributed by atoms with van der Waals surface area (Å²) in [5.74, 6) is 0.259. The molecular formula is C24H32N4O5S. The van der Waals surface area contributed by atoms with Gasteiger partial charge in [0.05, 0.1) is 18.0 Å². The summed E-state index contributed by atoms with van der Waals surface area (Å²) in [4.78, 5) is 26.1. The van der Waals surface area contributed by atoms with Crippen LogP contribution in [0.15, 0.2) is 53.4 Å². The minimum Gasteiger partial charge on any atom is -0.496 e. The number of nitrogens with zero attached hydrogens (tertiary/aromatic N) is 1. The third kappa shape index (κ3) is 7.02. The Bertz CT molecular complexity index is 1100. The summed E-state index contributed by atoms with van der Waals surface area (Å²) in [6.45, 7) is 5.32. The van der Waals surface area contributed by atoms with Gasteiger partial charge in [-0.1, -0.05) is 18.2 Å². The molecule has 0 radical (unpaired) electrons. The Morgan fingerprint density at radius 2 is 1.74 bits per heavy atom. The lowest BCUT2D eigenvalue weighted by molar-refractivity contribution is -0.123. The molecule has 1 aliphatic heterocycles. The predicted octanol–water partition coefficient (Wildman–Crippen LogP) is 2.10. The molecule has 1 heterocycles. The summed E-state index contributed by atoms with van der Waals surface area (Å²) in [5, 5.41) is 5.55. The number of para-hydroxylation sites is 1. The van der Waals surface area contributed by atoms with Gasteiger partial charge >= 0.3 is 0 Å². The van der Waals surface area contributed by atoms with Gasteiger partial charge in [-0.3, -0.25) is 14.5 Å². The summed E-state index contributed by atoms with van der Waals surface area (Å²) >= 11 is 0. The number of benzene rings is 2. The number of hydrogen-bond donors (Lipinski definition) is 3. The van der Waals surface area contributed by atoms with Crippen molar-refractivity contribution in [2.24, 2.45) is 0 Å². The molecule has 0 bridgehead atoms. The minimum absolute atomic E-state index is 0.00897. The highest BCUT2D eigenvalue weighted by atomic mass is 32.2. The summed E-state index contributed by atoms with van der Waals surface area (Å²) in [6.07, 6.45) is 1.57. The zero-order valence-corrected chi connectivity index (χ0v) is 20.5. The number of methoxy groups -OCH3 is 1. The number of sulfonamides is 1. The third-order valence-electron chi connectivity index (χ3n) is 5.73. The standard InChI is InChI=1S/C24H32N4O5S/c1-17(27-34(31,32)22-10-8-20(9-11-22)25-18(2)29)24(30)26-21-12-14-28(15-13-21)16-19-6-4-5-7-23(19)33-3/h4-11,17,21,27H,12-16H2,1-3H3,(H,25,29)(H,26,30)/t17-/m0/s1. The lowest BCUT2D eigenvalue weighted by Crippen LogP contribution is -2.50. The van der Waals surface area contributed by atoms with Crippen molar-refractivity contribution in [1.29, 1.82) is 0 Å². The van der Waals surface area contributed by atoms with E-state index in [4.69, 9.17) is 4.74 Å². The van der Waals surface area contributed by atoms with E-state index in [9.17, 15) is 18.0 Å². The first-order chi connectivity index (χ1) is 16.2. The van der Waals surface area contributed by atoms with E-state index in [1.54, 1.807) is 7.11 Å². The molecule has 2 aromatic rings. The van der Waals surface area contributed by atoms with Gasteiger partial charge in [-0.2, -0.15) is 4.72 Å². The van der Waals surface area contributed by atoms with Crippen molar-refractivity contribution in [2.45, 2.75) is 50.2 Å². The molecule has 1 saturated heterocycles. The van der Waals surface area contributed by atoms with Gasteiger partial charge in [-0.15, -0.1) is 0 Å². The van der Waals surface area contributed by atoms with Crippen LogP contribution in [0.1, 0.15) is 32.3 Å². The molecule has 3 N–H and O–H groups in total. The van der Waals surface area contributed by atoms with E-state index in [1.165, 1.54) is 38.1 Å². The second-order valence-electron chi connectivity index (χ2n) is 8.42. The van der Waals surface area contributed by atoms with Crippen LogP contribution >= 0.6 is 0 Å². The van der Waals surface area contributed by atoms with Crippen LogP contribution in [0.5, 0.6) is 5.75 Å². The van der Waals surface area contributed by atoms with E-state index in [1.807, 2.05) is 24.3 Å². The molecule has 0 aliphatic carbocycles. The molecular weight excluding hydrogens is 456 g/mol. The smallest absolute Gasteiger partial charge is 0.241 e. The zero-order chi connectivity index (χ0) is 24.7. The molecule has 184 valence electrons. The largest absolute Gasteiger partial charge is 0.496 e. The molecule has 34 heavy (non-hydrogen) atoms. The second kappa shape index (κ2) is 11.5. The van der Waals surface area contributed by atoms with Gasteiger partial charge in [0.1, 0.15) is 5.75 Å². The molecule has 0 unspecified atom stereocenters. The molecule has 0 aromatic heterocycles. The van der Waals surface area contributed by atoms with E-state index in [0.717, 1.165) is 43.8 Å². The van der Waals surface area contributed by atoms with Crippen LogP contribution in [0, 0.1) is 0 Å². The number of piperidine rings is 1. The van der Waals surface area contributed by atoms with Gasteiger partial charge in [0.2, 0.25) is 21.8 Å². The van der Waals surface area contributed by atoms with E-state index in [-0.39, 0.29) is 22.8 Å². The van der Waals surface area contributed by atoms with E-state index in [0.29, 0.717) is 5.69 Å². The van der Waals surface area contributed by atoms with Crippen molar-refractivity contribution >= 4 is 27.5 Å². The summed E-state index contributed by atoms with van der Waals surface area (Å²) in [7, 11) is -2.22. The van der Waals surface area contributed by atoms with Gasteiger partial charge in [0.25, 0.3) is 0 Å². The topological polar surface area (TPSA) is 117 Å². The first-order valence-corrected chi connectivity index (χ1v) is 12.7. The zero-order valence-electron chi connectivity index (χ0n) is 19.7. The number of anilines is 1. The van der Waals surface area contributed by atoms with Crippen molar-refractivity contribution in [3.63, 3.8) is 0 Å². The maximum atomic E-state index is 12.6. The molecule has 10 heteroatoms. The number of nitrogens with one attached hydrogen (secondary N) is 3. The van der Waals surface area contributed by atoms with Gasteiger partial charge in [0.15, 0.2) is 0 Å². The number of ether oxygens (including phenoxy) is 1. The molecule has 0 saturated carbocycles. The monoisotopic (exact) mass is 488 g/mol. The molecule has 2 amide bonds. The first-order valence-electron chi connectivity index (χ1n) is 11.2. The van der Waals surface area contributed by atoms with Crippen molar-refractivity contribution < 1.29 is 22.7 Å². The fraction of sp³-hybridized carbons (Fsp3) is 0.417. The summed E-state index contributed by atoms with van der Waals surface area (Å²) in [5.41, 5.74) is 1.62. The van der Waals surface area contributed by atoms with Crippen molar-refractivity contribution in [2.75, 3.05) is 25.5 Å². The second-order valence-corrected chi connectivity index (χ2v) is 10.1. The van der Waals surface area contributed by atoms with Crippen LogP contribution < -0.4 is 20.1 Å². The Hall–Kier alpha value is -2.95. The van der Waals surface area contributed by atoms with Crippen LogP contribution in [-0.2, 0) is 26.2 Å². The van der Waals surface area contributed by atoms with E-state index >= 15 is 0 Å². The van der Waals surface area contributed by atoms with Crippen molar-refractivity contribution in [1.82, 2.24) is 14.9 Å². The Labute approximate surface area is 200 Å². The van der Waals surface area contributed by atoms with Crippen LogP contribution in [0.3, 0.4) is 0 Å². The molecule has 1 fully saturated rings. The minimum atomic E-state index is -3.88. The van der Waals surface area contributed by atoms with Crippen LogP contribution in [0.2, 0.25) is 0 Å². The van der Waals surface area contributed by atoms with Crippen molar-refractivity contribution in [3.05, 3.63) is 54.1 Å². The molecule has 3 rings (SSSR count). The van der Waals surface area contributed by atoms with Gasteiger partial charge in [-0.25, -0.2) is 8.42 Å². The van der Waals surface area contributed by atoms with Gasteiger partial charge < -0.3 is 15.4 Å². The average molecular weight is 489 g/mol. The van der Waals surface area contributed by atoms with Crippen LogP contribution in [0.4, 0.5) is 5.69 Å². The van der Waals surface area contributed by atoms with E-state index < -0.39 is 16.1 Å². The maximum absolute atomic E-state index is 12.6. The number of carbonyl (C=O) groups is 2. The maximum Gasteiger partial charge on any atom is 0.241 e. The lowest BCUT2D eigenvalue weighted by Gasteiger charge is -2.33. The molecule has 0 spiro atoms. The summed E-state index contributed by atoms with van der Waals surface area (Å²) < 4.78 is 33.1. The normalized spacial score (nSPS) is 16.0. The molecule has 1 aliphatic rings. The van der Waals surface area contributed by atoms with Crippen LogP contribution in [0.25, 0.3) is 0 Å². The highest BCUT2D eigenvalue weighted by Crippen LogP contribution is 2.21. The SMILES string of the molecule is COc1ccccc1CN1CCC(NC(=O)[C@H](C)NS(=O)(=O)c2ccc(NC(C)=O)cc2)CC1. The lowest BCUT2D eigenvalue weighted by atomic mass is 10.0. The fourth-order valence-electron chi connectivity index (χ4n) is 3.91.